The van der Waals surface area contributed by atoms with Crippen molar-refractivity contribution in [2.45, 2.75) is 18.9 Å². The van der Waals surface area contributed by atoms with E-state index >= 15 is 0 Å². The summed E-state index contributed by atoms with van der Waals surface area (Å²) in [6.45, 7) is -0.280. The Balaban J connectivity index is 1.83. The van der Waals surface area contributed by atoms with Gasteiger partial charge in [-0.05, 0) is 25.0 Å². The van der Waals surface area contributed by atoms with Crippen molar-refractivity contribution in [3.63, 3.8) is 0 Å². The zero-order valence-electron chi connectivity index (χ0n) is 10.3. The van der Waals surface area contributed by atoms with Gasteiger partial charge in [0, 0.05) is 6.04 Å². The molecule has 1 aliphatic heterocycles. The zero-order valence-corrected chi connectivity index (χ0v) is 11.8. The van der Waals surface area contributed by atoms with Gasteiger partial charge in [-0.1, -0.05) is 23.2 Å². The van der Waals surface area contributed by atoms with Crippen LogP contribution in [0.4, 0.5) is 0 Å². The van der Waals surface area contributed by atoms with Crippen LogP contribution in [-0.2, 0) is 4.79 Å². The van der Waals surface area contributed by atoms with Gasteiger partial charge in [0.15, 0.2) is 0 Å². The van der Waals surface area contributed by atoms with Crippen molar-refractivity contribution in [3.8, 4) is 0 Å². The number of rotatable bonds is 3. The van der Waals surface area contributed by atoms with Crippen LogP contribution in [0.15, 0.2) is 12.1 Å². The largest absolute Gasteiger partial charge is 0.352 e. The summed E-state index contributed by atoms with van der Waals surface area (Å²) in [5.41, 5.74) is 0.368. The van der Waals surface area contributed by atoms with Gasteiger partial charge in [0.2, 0.25) is 5.91 Å². The van der Waals surface area contributed by atoms with Crippen molar-refractivity contribution in [2.24, 2.45) is 0 Å². The van der Waals surface area contributed by atoms with Crippen molar-refractivity contribution < 1.29 is 14.4 Å². The van der Waals surface area contributed by atoms with E-state index in [0.717, 1.165) is 17.7 Å². The van der Waals surface area contributed by atoms with Crippen molar-refractivity contribution in [2.75, 3.05) is 6.54 Å². The molecule has 20 heavy (non-hydrogen) atoms. The van der Waals surface area contributed by atoms with Crippen LogP contribution in [-0.4, -0.2) is 35.2 Å². The van der Waals surface area contributed by atoms with E-state index in [0.29, 0.717) is 0 Å². The summed E-state index contributed by atoms with van der Waals surface area (Å²) in [7, 11) is 0. The van der Waals surface area contributed by atoms with Crippen LogP contribution < -0.4 is 5.32 Å². The number of carbonyl (C=O) groups excluding carboxylic acids is 3. The highest BCUT2D eigenvalue weighted by atomic mass is 35.5. The predicted octanol–water partition coefficient (Wildman–Crippen LogP) is 1.87. The van der Waals surface area contributed by atoms with Gasteiger partial charge < -0.3 is 5.32 Å². The maximum absolute atomic E-state index is 12.1. The molecule has 0 radical (unpaired) electrons. The average molecular weight is 313 g/mol. The molecule has 5 nitrogen and oxygen atoms in total. The number of fused-ring (bicyclic) bond motifs is 1. The van der Waals surface area contributed by atoms with E-state index in [9.17, 15) is 14.4 Å². The highest BCUT2D eigenvalue weighted by Gasteiger charge is 2.38. The molecule has 7 heteroatoms. The lowest BCUT2D eigenvalue weighted by molar-refractivity contribution is -0.121. The van der Waals surface area contributed by atoms with Gasteiger partial charge in [0.25, 0.3) is 11.8 Å². The van der Waals surface area contributed by atoms with E-state index in [2.05, 4.69) is 5.32 Å². The molecule has 1 saturated carbocycles. The molecule has 0 unspecified atom stereocenters. The first-order chi connectivity index (χ1) is 9.47. The normalized spacial score (nSPS) is 17.4. The molecular formula is C13H10Cl2N2O3. The summed E-state index contributed by atoms with van der Waals surface area (Å²) in [6, 6.07) is 2.90. The van der Waals surface area contributed by atoms with Gasteiger partial charge in [-0.25, -0.2) is 0 Å². The summed E-state index contributed by atoms with van der Waals surface area (Å²) in [5.74, 6) is -1.37. The Labute approximate surface area is 124 Å². The number of nitrogens with one attached hydrogen (secondary N) is 1. The standard InChI is InChI=1S/C13H10Cl2N2O3/c14-9-3-7-8(4-10(9)15)13(20)17(12(7)19)5-11(18)16-6-1-2-6/h3-4,6H,1-2,5H2,(H,16,18). The molecule has 3 rings (SSSR count). The molecule has 104 valence electrons. The third kappa shape index (κ3) is 2.27. The van der Waals surface area contributed by atoms with Gasteiger partial charge in [-0.15, -0.1) is 0 Å². The van der Waals surface area contributed by atoms with Crippen molar-refractivity contribution in [1.29, 1.82) is 0 Å². The Bertz CT molecular complexity index is 600. The maximum Gasteiger partial charge on any atom is 0.262 e. The van der Waals surface area contributed by atoms with E-state index in [4.69, 9.17) is 23.2 Å². The maximum atomic E-state index is 12.1. The topological polar surface area (TPSA) is 66.5 Å². The molecule has 3 amide bonds. The summed E-state index contributed by atoms with van der Waals surface area (Å²) in [4.78, 5) is 36.9. The van der Waals surface area contributed by atoms with E-state index in [1.54, 1.807) is 0 Å². The van der Waals surface area contributed by atoms with Crippen molar-refractivity contribution >= 4 is 40.9 Å². The van der Waals surface area contributed by atoms with Crippen LogP contribution in [0.3, 0.4) is 0 Å². The van der Waals surface area contributed by atoms with Gasteiger partial charge in [0.1, 0.15) is 6.54 Å². The summed E-state index contributed by atoms with van der Waals surface area (Å²) in [6.07, 6.45) is 1.89. The molecule has 2 aliphatic rings. The van der Waals surface area contributed by atoms with E-state index in [1.807, 2.05) is 0 Å². The lowest BCUT2D eigenvalue weighted by Crippen LogP contribution is -2.41. The quantitative estimate of drug-likeness (QED) is 0.866. The number of carbonyl (C=O) groups is 3. The lowest BCUT2D eigenvalue weighted by Gasteiger charge is -2.13. The molecule has 0 spiro atoms. The number of imide groups is 1. The molecule has 1 heterocycles. The highest BCUT2D eigenvalue weighted by Crippen LogP contribution is 2.31. The SMILES string of the molecule is O=C(CN1C(=O)c2cc(Cl)c(Cl)cc2C1=O)NC1CC1. The average Bonchev–Trinajstić information content (AvgIpc) is 3.17. The minimum Gasteiger partial charge on any atom is -0.352 e. The third-order valence-corrected chi connectivity index (χ3v) is 3.98. The molecule has 0 atom stereocenters. The third-order valence-electron chi connectivity index (χ3n) is 3.26. The molecule has 1 aromatic rings. The molecule has 0 aromatic heterocycles. The molecule has 1 fully saturated rings. The monoisotopic (exact) mass is 312 g/mol. The van der Waals surface area contributed by atoms with Crippen LogP contribution in [0.25, 0.3) is 0 Å². The van der Waals surface area contributed by atoms with Crippen molar-refractivity contribution in [3.05, 3.63) is 33.3 Å². The summed E-state index contributed by atoms with van der Waals surface area (Å²) in [5, 5.41) is 3.14. The molecular weight excluding hydrogens is 303 g/mol. The number of halogens is 2. The molecule has 0 bridgehead atoms. The van der Waals surface area contributed by atoms with Gasteiger partial charge in [0.05, 0.1) is 21.2 Å². The Hall–Kier alpha value is -1.59. The summed E-state index contributed by atoms with van der Waals surface area (Å²) >= 11 is 11.7. The Morgan fingerprint density at radius 3 is 2.10 bits per heavy atom. The van der Waals surface area contributed by atoms with E-state index in [-0.39, 0.29) is 39.7 Å². The zero-order chi connectivity index (χ0) is 14.4. The van der Waals surface area contributed by atoms with E-state index in [1.165, 1.54) is 12.1 Å². The highest BCUT2D eigenvalue weighted by molar-refractivity contribution is 6.43. The van der Waals surface area contributed by atoms with Crippen LogP contribution in [0.1, 0.15) is 33.6 Å². The van der Waals surface area contributed by atoms with Gasteiger partial charge in [-0.3, -0.25) is 19.3 Å². The first kappa shape index (κ1) is 13.4. The van der Waals surface area contributed by atoms with Crippen LogP contribution >= 0.6 is 23.2 Å². The fourth-order valence-electron chi connectivity index (χ4n) is 2.07. The lowest BCUT2D eigenvalue weighted by atomic mass is 10.1. The fourth-order valence-corrected chi connectivity index (χ4v) is 2.40. The second-order valence-corrected chi connectivity index (χ2v) is 5.66. The Kier molecular flexibility index (Phi) is 3.18. The van der Waals surface area contributed by atoms with Crippen LogP contribution in [0.5, 0.6) is 0 Å². The number of benzene rings is 1. The number of amides is 3. The second kappa shape index (κ2) is 4.75. The van der Waals surface area contributed by atoms with Crippen LogP contribution in [0, 0.1) is 0 Å². The van der Waals surface area contributed by atoms with Gasteiger partial charge in [-0.2, -0.15) is 0 Å². The Morgan fingerprint density at radius 1 is 1.15 bits per heavy atom. The molecule has 1 aromatic carbocycles. The predicted molar refractivity (Wildman–Crippen MR) is 73.0 cm³/mol. The molecule has 0 saturated heterocycles. The number of nitrogens with zero attached hydrogens (tertiary/aromatic N) is 1. The Morgan fingerprint density at radius 2 is 1.65 bits per heavy atom. The smallest absolute Gasteiger partial charge is 0.262 e. The minimum absolute atomic E-state index is 0.182. The summed E-state index contributed by atoms with van der Waals surface area (Å²) < 4.78 is 0. The van der Waals surface area contributed by atoms with Crippen molar-refractivity contribution in [1.82, 2.24) is 10.2 Å². The number of hydrogen-bond donors (Lipinski definition) is 1. The first-order valence-corrected chi connectivity index (χ1v) is 6.87. The second-order valence-electron chi connectivity index (χ2n) is 4.85. The fraction of sp³-hybridized carbons (Fsp3) is 0.308. The van der Waals surface area contributed by atoms with Gasteiger partial charge >= 0.3 is 0 Å². The molecule has 1 N–H and O–H groups in total. The van der Waals surface area contributed by atoms with E-state index < -0.39 is 11.8 Å². The molecule has 1 aliphatic carbocycles. The minimum atomic E-state index is -0.519. The first-order valence-electron chi connectivity index (χ1n) is 6.12. The van der Waals surface area contributed by atoms with Crippen LogP contribution in [0.2, 0.25) is 10.0 Å². The number of hydrogen-bond acceptors (Lipinski definition) is 3.